The molecule has 0 heterocycles. The third-order valence-electron chi connectivity index (χ3n) is 14.7. The highest BCUT2D eigenvalue weighted by Crippen LogP contribution is 2.22. The molecule has 0 aromatic heterocycles. The Morgan fingerprint density at radius 3 is 1.17 bits per heavy atom. The van der Waals surface area contributed by atoms with E-state index in [1.54, 1.807) is 0 Å². The number of aliphatic hydroxyl groups is 2. The van der Waals surface area contributed by atoms with Crippen molar-refractivity contribution in [2.45, 2.75) is 335 Å². The molecule has 2 atom stereocenters. The lowest BCUT2D eigenvalue weighted by atomic mass is 9.95. The Labute approximate surface area is 432 Å². The van der Waals surface area contributed by atoms with Gasteiger partial charge in [-0.25, -0.2) is 4.79 Å². The standard InChI is InChI=1S/C61H115NO8/c1-5-9-13-17-23-31-41-55(42-32-24-18-14-10-6-2)69-59(65)45-35-27-21-29-37-49-62(51-39-40-52-68-61(67)54-47-48-57(63)58(64)53-54)50-38-30-22-28-36-46-60(66)70-56(43-33-25-19-15-11-7-3)44-34-26-20-16-12-8-4/h53,55-58,63-64H,5-52H2,1-4H3. The molecule has 9 heteroatoms. The van der Waals surface area contributed by atoms with Crippen LogP contribution in [0.1, 0.15) is 310 Å². The van der Waals surface area contributed by atoms with E-state index in [1.165, 1.54) is 134 Å². The van der Waals surface area contributed by atoms with Gasteiger partial charge in [-0.3, -0.25) is 9.59 Å². The number of rotatable bonds is 52. The summed E-state index contributed by atoms with van der Waals surface area (Å²) in [6.07, 6.45) is 48.5. The van der Waals surface area contributed by atoms with Gasteiger partial charge in [0.15, 0.2) is 0 Å². The van der Waals surface area contributed by atoms with Crippen molar-refractivity contribution in [3.05, 3.63) is 11.6 Å². The van der Waals surface area contributed by atoms with E-state index in [9.17, 15) is 24.6 Å². The second kappa shape index (κ2) is 49.3. The van der Waals surface area contributed by atoms with Gasteiger partial charge < -0.3 is 29.3 Å². The molecule has 2 N–H and O–H groups in total. The first-order valence-corrected chi connectivity index (χ1v) is 30.6. The maximum Gasteiger partial charge on any atom is 0.333 e. The number of unbranched alkanes of at least 4 members (excludes halogenated alkanes) is 29. The van der Waals surface area contributed by atoms with Crippen LogP contribution in [-0.2, 0) is 28.6 Å². The van der Waals surface area contributed by atoms with E-state index >= 15 is 0 Å². The summed E-state index contributed by atoms with van der Waals surface area (Å²) < 4.78 is 17.7. The van der Waals surface area contributed by atoms with Crippen LogP contribution in [-0.4, -0.2) is 83.7 Å². The Balaban J connectivity index is 2.52. The topological polar surface area (TPSA) is 123 Å². The van der Waals surface area contributed by atoms with Crippen LogP contribution in [0, 0.1) is 0 Å². The second-order valence-electron chi connectivity index (χ2n) is 21.5. The normalized spacial score (nSPS) is 15.0. The molecule has 2 unspecified atom stereocenters. The number of hydrogen-bond acceptors (Lipinski definition) is 9. The number of carbonyl (C=O) groups is 3. The minimum Gasteiger partial charge on any atom is -0.462 e. The monoisotopic (exact) mass is 990 g/mol. The zero-order chi connectivity index (χ0) is 51.0. The van der Waals surface area contributed by atoms with Crippen LogP contribution in [0.3, 0.4) is 0 Å². The first kappa shape index (κ1) is 66.0. The minimum absolute atomic E-state index is 0.00291. The largest absolute Gasteiger partial charge is 0.462 e. The fraction of sp³-hybridized carbons (Fsp3) is 0.918. The Bertz CT molecular complexity index is 1130. The summed E-state index contributed by atoms with van der Waals surface area (Å²) >= 11 is 0. The van der Waals surface area contributed by atoms with Crippen molar-refractivity contribution < 1.29 is 38.8 Å². The molecular weight excluding hydrogens is 875 g/mol. The lowest BCUT2D eigenvalue weighted by molar-refractivity contribution is -0.151. The molecule has 1 rings (SSSR count). The summed E-state index contributed by atoms with van der Waals surface area (Å²) in [6, 6.07) is 0. The minimum atomic E-state index is -1.01. The van der Waals surface area contributed by atoms with Gasteiger partial charge in [0.2, 0.25) is 0 Å². The van der Waals surface area contributed by atoms with Crippen LogP contribution < -0.4 is 0 Å². The first-order chi connectivity index (χ1) is 34.2. The van der Waals surface area contributed by atoms with Crippen LogP contribution >= 0.6 is 0 Å². The zero-order valence-electron chi connectivity index (χ0n) is 46.6. The van der Waals surface area contributed by atoms with E-state index < -0.39 is 12.2 Å². The highest BCUT2D eigenvalue weighted by atomic mass is 16.5. The van der Waals surface area contributed by atoms with Crippen molar-refractivity contribution >= 4 is 17.9 Å². The number of ether oxygens (including phenoxy) is 3. The number of hydrogen-bond donors (Lipinski definition) is 2. The van der Waals surface area contributed by atoms with Crippen molar-refractivity contribution in [1.29, 1.82) is 0 Å². The summed E-state index contributed by atoms with van der Waals surface area (Å²) in [5.74, 6) is -0.389. The second-order valence-corrected chi connectivity index (χ2v) is 21.5. The lowest BCUT2D eigenvalue weighted by Gasteiger charge is -2.23. The molecule has 0 fully saturated rings. The summed E-state index contributed by atoms with van der Waals surface area (Å²) in [7, 11) is 0. The van der Waals surface area contributed by atoms with Crippen molar-refractivity contribution in [3.63, 3.8) is 0 Å². The fourth-order valence-electron chi connectivity index (χ4n) is 9.97. The van der Waals surface area contributed by atoms with E-state index in [0.29, 0.717) is 37.9 Å². The average molecular weight is 991 g/mol. The molecule has 0 saturated carbocycles. The Morgan fingerprint density at radius 2 is 0.800 bits per heavy atom. The smallest absolute Gasteiger partial charge is 0.333 e. The van der Waals surface area contributed by atoms with E-state index in [4.69, 9.17) is 14.2 Å². The predicted molar refractivity (Wildman–Crippen MR) is 293 cm³/mol. The van der Waals surface area contributed by atoms with Crippen molar-refractivity contribution in [2.24, 2.45) is 0 Å². The van der Waals surface area contributed by atoms with E-state index in [-0.39, 0.29) is 30.1 Å². The molecule has 412 valence electrons. The quantitative estimate of drug-likeness (QED) is 0.0348. The molecular formula is C61H115NO8. The van der Waals surface area contributed by atoms with Gasteiger partial charge in [0.25, 0.3) is 0 Å². The maximum atomic E-state index is 12.9. The molecule has 1 aliphatic carbocycles. The van der Waals surface area contributed by atoms with Crippen molar-refractivity contribution in [1.82, 2.24) is 4.90 Å². The third kappa shape index (κ3) is 40.5. The Kier molecular flexibility index (Phi) is 46.5. The highest BCUT2D eigenvalue weighted by Gasteiger charge is 2.25. The van der Waals surface area contributed by atoms with Gasteiger partial charge in [0, 0.05) is 18.4 Å². The summed E-state index contributed by atoms with van der Waals surface area (Å²) in [5, 5.41) is 19.7. The van der Waals surface area contributed by atoms with Gasteiger partial charge in [-0.2, -0.15) is 0 Å². The van der Waals surface area contributed by atoms with Crippen LogP contribution in [0.25, 0.3) is 0 Å². The molecule has 9 nitrogen and oxygen atoms in total. The highest BCUT2D eigenvalue weighted by molar-refractivity contribution is 5.88. The lowest BCUT2D eigenvalue weighted by Crippen LogP contribution is -2.29. The average Bonchev–Trinajstić information content (AvgIpc) is 3.35. The van der Waals surface area contributed by atoms with Gasteiger partial charge in [-0.05, 0) is 128 Å². The molecule has 0 aromatic rings. The van der Waals surface area contributed by atoms with Gasteiger partial charge >= 0.3 is 17.9 Å². The molecule has 1 aliphatic rings. The number of aliphatic hydroxyl groups excluding tert-OH is 2. The molecule has 0 amide bonds. The molecule has 0 aliphatic heterocycles. The van der Waals surface area contributed by atoms with Gasteiger partial charge in [-0.1, -0.05) is 195 Å². The van der Waals surface area contributed by atoms with Gasteiger partial charge in [0.05, 0.1) is 18.8 Å². The summed E-state index contributed by atoms with van der Waals surface area (Å²) in [6.45, 7) is 12.4. The van der Waals surface area contributed by atoms with Crippen LogP contribution in [0.5, 0.6) is 0 Å². The van der Waals surface area contributed by atoms with Crippen molar-refractivity contribution in [2.75, 3.05) is 26.2 Å². The number of esters is 3. The molecule has 70 heavy (non-hydrogen) atoms. The molecule has 0 spiro atoms. The van der Waals surface area contributed by atoms with E-state index in [1.807, 2.05) is 0 Å². The Hall–Kier alpha value is -1.97. The predicted octanol–water partition coefficient (Wildman–Crippen LogP) is 16.6. The summed E-state index contributed by atoms with van der Waals surface area (Å²) in [4.78, 5) is 41.0. The van der Waals surface area contributed by atoms with Crippen LogP contribution in [0.15, 0.2) is 11.6 Å². The third-order valence-corrected chi connectivity index (χ3v) is 14.7. The van der Waals surface area contributed by atoms with Gasteiger partial charge in [0.1, 0.15) is 12.2 Å². The Morgan fingerprint density at radius 1 is 0.471 bits per heavy atom. The fourth-order valence-corrected chi connectivity index (χ4v) is 9.97. The van der Waals surface area contributed by atoms with E-state index in [2.05, 4.69) is 32.6 Å². The SMILES string of the molecule is CCCCCCCCC(CCCCCCCC)OC(=O)CCCCCCCN(CCCCCCCC(=O)OC(CCCCCCCC)CCCCCCCC)CCCCOC(=O)C1=CC(O)C(O)CC1. The molecule has 0 aromatic carbocycles. The molecule has 0 radical (unpaired) electrons. The first-order valence-electron chi connectivity index (χ1n) is 30.6. The van der Waals surface area contributed by atoms with Crippen LogP contribution in [0.4, 0.5) is 0 Å². The molecule has 0 bridgehead atoms. The number of nitrogens with zero attached hydrogens (tertiary/aromatic N) is 1. The number of carbonyl (C=O) groups excluding carboxylic acids is 3. The van der Waals surface area contributed by atoms with Crippen molar-refractivity contribution in [3.8, 4) is 0 Å². The van der Waals surface area contributed by atoms with E-state index in [0.717, 1.165) is 148 Å². The maximum absolute atomic E-state index is 12.9. The zero-order valence-corrected chi connectivity index (χ0v) is 46.6. The molecule has 0 saturated heterocycles. The summed E-state index contributed by atoms with van der Waals surface area (Å²) in [5.41, 5.74) is 0.459. The van der Waals surface area contributed by atoms with Gasteiger partial charge in [-0.15, -0.1) is 0 Å². The van der Waals surface area contributed by atoms with Crippen LogP contribution in [0.2, 0.25) is 0 Å².